The van der Waals surface area contributed by atoms with Gasteiger partial charge in [-0.05, 0) is 79.6 Å². The van der Waals surface area contributed by atoms with E-state index in [0.29, 0.717) is 35.2 Å². The van der Waals surface area contributed by atoms with Crippen LogP contribution in [0.5, 0.6) is 5.75 Å². The van der Waals surface area contributed by atoms with Crippen molar-refractivity contribution in [2.24, 2.45) is 11.8 Å². The number of aliphatic hydroxyl groups excluding tert-OH is 1. The number of fused-ring (bicyclic) bond motifs is 1. The van der Waals surface area contributed by atoms with E-state index < -0.39 is 6.17 Å². The smallest absolute Gasteiger partial charge is 0.126 e. The van der Waals surface area contributed by atoms with Gasteiger partial charge in [-0.1, -0.05) is 35.6 Å². The molecule has 1 N–H and O–H groups in total. The second kappa shape index (κ2) is 11.7. The molecule has 3 aromatic rings. The van der Waals surface area contributed by atoms with E-state index in [1.165, 1.54) is 0 Å². The number of aliphatic hydroxyl groups is 1. The molecule has 0 aliphatic carbocycles. The summed E-state index contributed by atoms with van der Waals surface area (Å²) in [4.78, 5) is 6.61. The molecule has 1 aliphatic rings. The summed E-state index contributed by atoms with van der Waals surface area (Å²) in [5.41, 5.74) is 2.24. The number of aromatic nitrogens is 1. The summed E-state index contributed by atoms with van der Waals surface area (Å²) in [6.45, 7) is 2.39. The minimum absolute atomic E-state index is 0.103. The van der Waals surface area contributed by atoms with E-state index >= 15 is 4.39 Å². The molecular weight excluding hydrogens is 451 g/mol. The van der Waals surface area contributed by atoms with Crippen molar-refractivity contribution in [1.82, 2.24) is 9.88 Å². The Balaban J connectivity index is 1.34. The predicted molar refractivity (Wildman–Crippen MR) is 135 cm³/mol. The van der Waals surface area contributed by atoms with Crippen molar-refractivity contribution in [3.05, 3.63) is 70.9 Å². The molecule has 0 bridgehead atoms. The average molecular weight is 481 g/mol. The zero-order valence-electron chi connectivity index (χ0n) is 19.4. The molecule has 0 saturated carbocycles. The van der Waals surface area contributed by atoms with Crippen molar-refractivity contribution >= 4 is 22.5 Å². The lowest BCUT2D eigenvalue weighted by molar-refractivity contribution is 0.0708. The Morgan fingerprint density at radius 2 is 2.09 bits per heavy atom. The number of pyridine rings is 1. The van der Waals surface area contributed by atoms with Gasteiger partial charge in [-0.2, -0.15) is 0 Å². The third-order valence-electron chi connectivity index (χ3n) is 6.72. The Hall–Kier alpha value is -2.65. The summed E-state index contributed by atoms with van der Waals surface area (Å²) >= 11 is 6.17. The molecule has 1 aliphatic heterocycles. The van der Waals surface area contributed by atoms with Crippen LogP contribution >= 0.6 is 11.6 Å². The van der Waals surface area contributed by atoms with Crippen molar-refractivity contribution < 1.29 is 14.2 Å². The molecule has 0 unspecified atom stereocenters. The largest absolute Gasteiger partial charge is 0.497 e. The summed E-state index contributed by atoms with van der Waals surface area (Å²) < 4.78 is 20.7. The van der Waals surface area contributed by atoms with E-state index in [4.69, 9.17) is 16.3 Å². The number of piperidine rings is 1. The third kappa shape index (κ3) is 5.88. The maximum absolute atomic E-state index is 15.4. The molecule has 0 amide bonds. The normalized spacial score (nSPS) is 19.4. The first-order valence-corrected chi connectivity index (χ1v) is 12.1. The summed E-state index contributed by atoms with van der Waals surface area (Å²) in [5.74, 6) is 7.45. The van der Waals surface area contributed by atoms with Gasteiger partial charge < -0.3 is 9.84 Å². The van der Waals surface area contributed by atoms with Gasteiger partial charge in [-0.15, -0.1) is 0 Å². The molecule has 34 heavy (non-hydrogen) atoms. The molecule has 2 heterocycles. The van der Waals surface area contributed by atoms with Crippen molar-refractivity contribution in [1.29, 1.82) is 0 Å². The SMILES string of the molecule is COc1ccc2nccc([C@H](F)CC[C@@H]3CCN(CC#Cc4ccccc4Cl)C[C@@H]3CO)c2c1. The number of alkyl halides is 1. The van der Waals surface area contributed by atoms with Crippen LogP contribution in [0.4, 0.5) is 4.39 Å². The van der Waals surface area contributed by atoms with Crippen LogP contribution < -0.4 is 4.74 Å². The highest BCUT2D eigenvalue weighted by atomic mass is 35.5. The molecule has 0 spiro atoms. The van der Waals surface area contributed by atoms with E-state index in [1.807, 2.05) is 42.5 Å². The fourth-order valence-electron chi connectivity index (χ4n) is 4.76. The molecular formula is C28H30ClFN2O2. The van der Waals surface area contributed by atoms with Gasteiger partial charge in [0, 0.05) is 30.3 Å². The van der Waals surface area contributed by atoms with E-state index in [0.717, 1.165) is 42.4 Å². The minimum Gasteiger partial charge on any atom is -0.497 e. The lowest BCUT2D eigenvalue weighted by atomic mass is 9.81. The van der Waals surface area contributed by atoms with Crippen LogP contribution in [-0.2, 0) is 0 Å². The second-order valence-corrected chi connectivity index (χ2v) is 9.24. The van der Waals surface area contributed by atoms with Gasteiger partial charge in [0.05, 0.1) is 24.2 Å². The number of benzene rings is 2. The van der Waals surface area contributed by atoms with E-state index in [9.17, 15) is 5.11 Å². The molecule has 6 heteroatoms. The van der Waals surface area contributed by atoms with Crippen LogP contribution in [0.3, 0.4) is 0 Å². The quantitative estimate of drug-likeness (QED) is 0.442. The molecule has 178 valence electrons. The van der Waals surface area contributed by atoms with Gasteiger partial charge in [0.15, 0.2) is 0 Å². The number of nitrogens with zero attached hydrogens (tertiary/aromatic N) is 2. The van der Waals surface area contributed by atoms with Gasteiger partial charge in [0.2, 0.25) is 0 Å². The second-order valence-electron chi connectivity index (χ2n) is 8.84. The fourth-order valence-corrected chi connectivity index (χ4v) is 4.94. The highest BCUT2D eigenvalue weighted by Gasteiger charge is 2.29. The molecule has 0 radical (unpaired) electrons. The Morgan fingerprint density at radius 1 is 1.24 bits per heavy atom. The van der Waals surface area contributed by atoms with E-state index in [2.05, 4.69) is 21.7 Å². The Bertz CT molecular complexity index is 1180. The van der Waals surface area contributed by atoms with Crippen LogP contribution in [0.2, 0.25) is 5.02 Å². The maximum Gasteiger partial charge on any atom is 0.126 e. The fraction of sp³-hybridized carbons (Fsp3) is 0.393. The van der Waals surface area contributed by atoms with Crippen LogP contribution in [0.1, 0.15) is 36.6 Å². The number of methoxy groups -OCH3 is 1. The van der Waals surface area contributed by atoms with Crippen molar-refractivity contribution in [3.8, 4) is 17.6 Å². The first-order valence-electron chi connectivity index (χ1n) is 11.7. The van der Waals surface area contributed by atoms with Crippen LogP contribution in [0, 0.1) is 23.7 Å². The zero-order valence-corrected chi connectivity index (χ0v) is 20.1. The molecule has 4 rings (SSSR count). The van der Waals surface area contributed by atoms with Crippen LogP contribution in [0.15, 0.2) is 54.7 Å². The first kappa shape index (κ1) is 24.5. The van der Waals surface area contributed by atoms with Gasteiger partial charge in [-0.25, -0.2) is 4.39 Å². The number of hydrogen-bond donors (Lipinski definition) is 1. The summed E-state index contributed by atoms with van der Waals surface area (Å²) in [7, 11) is 1.61. The van der Waals surface area contributed by atoms with Crippen LogP contribution in [0.25, 0.3) is 10.9 Å². The lowest BCUT2D eigenvalue weighted by Crippen LogP contribution is -2.42. The van der Waals surface area contributed by atoms with E-state index in [-0.39, 0.29) is 12.5 Å². The average Bonchev–Trinajstić information content (AvgIpc) is 2.88. The van der Waals surface area contributed by atoms with Gasteiger partial charge in [0.1, 0.15) is 11.9 Å². The number of ether oxygens (including phenoxy) is 1. The Kier molecular flexibility index (Phi) is 8.39. The monoisotopic (exact) mass is 480 g/mol. The molecule has 1 aromatic heterocycles. The third-order valence-corrected chi connectivity index (χ3v) is 7.05. The Labute approximate surface area is 205 Å². The molecule has 4 nitrogen and oxygen atoms in total. The molecule has 3 atom stereocenters. The highest BCUT2D eigenvalue weighted by Crippen LogP contribution is 2.35. The van der Waals surface area contributed by atoms with Crippen molar-refractivity contribution in [3.63, 3.8) is 0 Å². The molecule has 2 aromatic carbocycles. The predicted octanol–water partition coefficient (Wildman–Crippen LogP) is 5.67. The van der Waals surface area contributed by atoms with Crippen LogP contribution in [-0.4, -0.2) is 48.3 Å². The van der Waals surface area contributed by atoms with Crippen molar-refractivity contribution in [2.75, 3.05) is 33.4 Å². The maximum atomic E-state index is 15.4. The Morgan fingerprint density at radius 3 is 2.88 bits per heavy atom. The molecule has 1 fully saturated rings. The number of halogens is 2. The zero-order chi connectivity index (χ0) is 23.9. The summed E-state index contributed by atoms with van der Waals surface area (Å²) in [6.07, 6.45) is 2.66. The number of hydrogen-bond acceptors (Lipinski definition) is 4. The first-order chi connectivity index (χ1) is 16.6. The number of rotatable bonds is 7. The minimum atomic E-state index is -1.09. The standard InChI is InChI=1S/C28H30ClFN2O2/c1-34-23-9-11-28-25(17-23)24(12-14-31-28)27(30)10-8-20-13-16-32(18-22(20)19-33)15-4-6-21-5-2-3-7-26(21)29/h2-3,5,7,9,11-12,14,17,20,22,27,33H,8,10,13,15-16,18-19H2,1H3/t20-,22-,27-/m1/s1. The summed E-state index contributed by atoms with van der Waals surface area (Å²) in [5, 5.41) is 11.5. The number of likely N-dealkylation sites (tertiary alicyclic amines) is 1. The topological polar surface area (TPSA) is 45.6 Å². The van der Waals surface area contributed by atoms with Gasteiger partial charge >= 0.3 is 0 Å². The van der Waals surface area contributed by atoms with Gasteiger partial charge in [-0.3, -0.25) is 9.88 Å². The van der Waals surface area contributed by atoms with E-state index in [1.54, 1.807) is 19.4 Å². The lowest BCUT2D eigenvalue weighted by Gasteiger charge is -2.37. The molecule has 1 saturated heterocycles. The van der Waals surface area contributed by atoms with Crippen molar-refractivity contribution in [2.45, 2.75) is 25.4 Å². The summed E-state index contributed by atoms with van der Waals surface area (Å²) in [6, 6.07) is 14.9. The highest BCUT2D eigenvalue weighted by molar-refractivity contribution is 6.31. The van der Waals surface area contributed by atoms with Gasteiger partial charge in [0.25, 0.3) is 0 Å².